The Morgan fingerprint density at radius 1 is 1.00 bits per heavy atom. The average molecular weight is 463 g/mol. The zero-order chi connectivity index (χ0) is 21.4. The summed E-state index contributed by atoms with van der Waals surface area (Å²) in [7, 11) is 0. The molecule has 0 bridgehead atoms. The summed E-state index contributed by atoms with van der Waals surface area (Å²) in [5.41, 5.74) is 2.76. The number of rotatable bonds is 7. The molecule has 1 atom stereocenters. The molecule has 1 unspecified atom stereocenters. The van der Waals surface area contributed by atoms with Crippen LogP contribution < -0.4 is 19.6 Å². The summed E-state index contributed by atoms with van der Waals surface area (Å²) in [5, 5.41) is 3.87. The first-order valence-corrected chi connectivity index (χ1v) is 9.30. The molecule has 1 N–H and O–H groups in total. The molecule has 152 valence electrons. The fourth-order valence-electron chi connectivity index (χ4n) is 2.12. The Hall–Kier alpha value is -3.20. The maximum absolute atomic E-state index is 12.1. The van der Waals surface area contributed by atoms with Crippen molar-refractivity contribution in [2.24, 2.45) is 5.10 Å². The molecular formula is C20H19BrN2O6. The fraction of sp³-hybridized carbons (Fsp3) is 0.200. The average Bonchev–Trinajstić information content (AvgIpc) is 2.64. The van der Waals surface area contributed by atoms with E-state index in [-0.39, 0.29) is 11.5 Å². The van der Waals surface area contributed by atoms with Gasteiger partial charge in [-0.05, 0) is 43.3 Å². The maximum Gasteiger partial charge on any atom is 0.308 e. The highest BCUT2D eigenvalue weighted by Crippen LogP contribution is 2.24. The van der Waals surface area contributed by atoms with E-state index in [1.54, 1.807) is 31.2 Å². The number of hydrazone groups is 1. The highest BCUT2D eigenvalue weighted by molar-refractivity contribution is 9.10. The molecule has 0 saturated carbocycles. The predicted molar refractivity (Wildman–Crippen MR) is 109 cm³/mol. The lowest BCUT2D eigenvalue weighted by Gasteiger charge is -2.13. The van der Waals surface area contributed by atoms with Gasteiger partial charge < -0.3 is 14.2 Å². The van der Waals surface area contributed by atoms with Crippen LogP contribution in [0.2, 0.25) is 0 Å². The number of nitrogens with zero attached hydrogens (tertiary/aromatic N) is 1. The van der Waals surface area contributed by atoms with Crippen molar-refractivity contribution < 1.29 is 28.6 Å². The Balaban J connectivity index is 2.03. The van der Waals surface area contributed by atoms with E-state index in [0.29, 0.717) is 11.3 Å². The molecule has 0 radical (unpaired) electrons. The van der Waals surface area contributed by atoms with Crippen molar-refractivity contribution in [2.75, 3.05) is 0 Å². The zero-order valence-electron chi connectivity index (χ0n) is 16.0. The number of esters is 2. The monoisotopic (exact) mass is 462 g/mol. The van der Waals surface area contributed by atoms with Crippen LogP contribution in [0.25, 0.3) is 0 Å². The number of halogens is 1. The van der Waals surface area contributed by atoms with Crippen LogP contribution in [-0.4, -0.2) is 30.2 Å². The van der Waals surface area contributed by atoms with Crippen LogP contribution in [0.15, 0.2) is 52.0 Å². The summed E-state index contributed by atoms with van der Waals surface area (Å²) in [4.78, 5) is 34.5. The van der Waals surface area contributed by atoms with E-state index in [0.717, 1.165) is 4.47 Å². The van der Waals surface area contributed by atoms with E-state index in [1.165, 1.54) is 38.3 Å². The van der Waals surface area contributed by atoms with Gasteiger partial charge >= 0.3 is 11.9 Å². The Kier molecular flexibility index (Phi) is 7.90. The topological polar surface area (TPSA) is 103 Å². The van der Waals surface area contributed by atoms with Gasteiger partial charge in [-0.3, -0.25) is 14.4 Å². The van der Waals surface area contributed by atoms with Crippen molar-refractivity contribution >= 4 is 40.0 Å². The summed E-state index contributed by atoms with van der Waals surface area (Å²) >= 11 is 3.32. The highest BCUT2D eigenvalue weighted by Gasteiger charge is 2.14. The SMILES string of the molecule is CC(=O)Oc1ccc(/C=N/NC(=O)C(C)Oc2ccc(Br)cc2)c(OC(C)=O)c1. The fourth-order valence-corrected chi connectivity index (χ4v) is 2.39. The Bertz CT molecular complexity index is 927. The van der Waals surface area contributed by atoms with E-state index < -0.39 is 23.9 Å². The third-order valence-electron chi connectivity index (χ3n) is 3.37. The van der Waals surface area contributed by atoms with Gasteiger partial charge in [0.1, 0.15) is 17.2 Å². The smallest absolute Gasteiger partial charge is 0.308 e. The largest absolute Gasteiger partial charge is 0.481 e. The molecule has 0 saturated heterocycles. The number of carbonyl (C=O) groups excluding carboxylic acids is 3. The van der Waals surface area contributed by atoms with Crippen LogP contribution in [0.1, 0.15) is 26.3 Å². The predicted octanol–water partition coefficient (Wildman–Crippen LogP) is 3.22. The second-order valence-corrected chi connectivity index (χ2v) is 6.75. The second kappa shape index (κ2) is 10.4. The standard InChI is InChI=1S/C20H19BrN2O6/c1-12(27-17-8-5-16(21)6-9-17)20(26)23-22-11-15-4-7-18(28-13(2)24)10-19(15)29-14(3)25/h4-12H,1-3H3,(H,23,26)/b22-11+. The minimum atomic E-state index is -0.785. The molecule has 8 nitrogen and oxygen atoms in total. The lowest BCUT2D eigenvalue weighted by Crippen LogP contribution is -2.33. The van der Waals surface area contributed by atoms with Gasteiger partial charge in [-0.2, -0.15) is 5.10 Å². The van der Waals surface area contributed by atoms with Gasteiger partial charge in [-0.25, -0.2) is 5.43 Å². The van der Waals surface area contributed by atoms with Gasteiger partial charge in [0.2, 0.25) is 0 Å². The van der Waals surface area contributed by atoms with Crippen molar-refractivity contribution in [1.29, 1.82) is 0 Å². The first kappa shape index (κ1) is 22.1. The Labute approximate surface area is 176 Å². The Morgan fingerprint density at radius 2 is 1.62 bits per heavy atom. The quantitative estimate of drug-likeness (QED) is 0.293. The van der Waals surface area contributed by atoms with Crippen molar-refractivity contribution in [2.45, 2.75) is 26.9 Å². The minimum absolute atomic E-state index is 0.133. The van der Waals surface area contributed by atoms with Gasteiger partial charge in [0, 0.05) is 30.0 Å². The molecule has 0 aliphatic rings. The number of benzene rings is 2. The minimum Gasteiger partial charge on any atom is -0.481 e. The summed E-state index contributed by atoms with van der Waals surface area (Å²) in [6.07, 6.45) is 0.521. The molecule has 9 heteroatoms. The van der Waals surface area contributed by atoms with E-state index in [2.05, 4.69) is 26.5 Å². The summed E-state index contributed by atoms with van der Waals surface area (Å²) in [6, 6.07) is 11.5. The van der Waals surface area contributed by atoms with E-state index >= 15 is 0 Å². The number of hydrogen-bond donors (Lipinski definition) is 1. The normalized spacial score (nSPS) is 11.6. The molecule has 29 heavy (non-hydrogen) atoms. The van der Waals surface area contributed by atoms with Crippen molar-refractivity contribution in [1.82, 2.24) is 5.43 Å². The number of nitrogens with one attached hydrogen (secondary N) is 1. The van der Waals surface area contributed by atoms with Crippen molar-refractivity contribution in [3.63, 3.8) is 0 Å². The van der Waals surface area contributed by atoms with Gasteiger partial charge in [-0.15, -0.1) is 0 Å². The number of carbonyl (C=O) groups is 3. The van der Waals surface area contributed by atoms with Crippen LogP contribution in [-0.2, 0) is 14.4 Å². The molecule has 2 rings (SSSR count). The maximum atomic E-state index is 12.1. The molecule has 0 heterocycles. The summed E-state index contributed by atoms with van der Waals surface area (Å²) in [6.45, 7) is 4.08. The molecule has 0 spiro atoms. The molecule has 1 amide bonds. The van der Waals surface area contributed by atoms with Crippen LogP contribution >= 0.6 is 15.9 Å². The highest BCUT2D eigenvalue weighted by atomic mass is 79.9. The third-order valence-corrected chi connectivity index (χ3v) is 3.90. The van der Waals surface area contributed by atoms with Gasteiger partial charge in [0.25, 0.3) is 5.91 Å². The van der Waals surface area contributed by atoms with Crippen LogP contribution in [0.5, 0.6) is 17.2 Å². The molecule has 2 aromatic rings. The van der Waals surface area contributed by atoms with Crippen molar-refractivity contribution in [3.8, 4) is 17.2 Å². The van der Waals surface area contributed by atoms with Crippen LogP contribution in [0.4, 0.5) is 0 Å². The van der Waals surface area contributed by atoms with Crippen LogP contribution in [0, 0.1) is 0 Å². The number of hydrogen-bond acceptors (Lipinski definition) is 7. The number of ether oxygens (including phenoxy) is 3. The molecule has 0 aliphatic carbocycles. The third kappa shape index (κ3) is 7.38. The molecule has 0 aromatic heterocycles. The Morgan fingerprint density at radius 3 is 2.24 bits per heavy atom. The number of amides is 1. The lowest BCUT2D eigenvalue weighted by atomic mass is 10.2. The van der Waals surface area contributed by atoms with Crippen LogP contribution in [0.3, 0.4) is 0 Å². The zero-order valence-corrected chi connectivity index (χ0v) is 17.6. The van der Waals surface area contributed by atoms with Gasteiger partial charge in [0.05, 0.1) is 6.21 Å². The first-order valence-electron chi connectivity index (χ1n) is 8.50. The van der Waals surface area contributed by atoms with E-state index in [9.17, 15) is 14.4 Å². The first-order chi connectivity index (χ1) is 13.7. The summed E-state index contributed by atoms with van der Waals surface area (Å²) < 4.78 is 16.5. The molecule has 0 aliphatic heterocycles. The van der Waals surface area contributed by atoms with E-state index in [1.807, 2.05) is 0 Å². The van der Waals surface area contributed by atoms with Gasteiger partial charge in [0.15, 0.2) is 6.10 Å². The molecular weight excluding hydrogens is 444 g/mol. The molecule has 2 aromatic carbocycles. The van der Waals surface area contributed by atoms with E-state index in [4.69, 9.17) is 14.2 Å². The lowest BCUT2D eigenvalue weighted by molar-refractivity contribution is -0.132. The van der Waals surface area contributed by atoms with Crippen molar-refractivity contribution in [3.05, 3.63) is 52.5 Å². The molecule has 0 fully saturated rings. The van der Waals surface area contributed by atoms with Gasteiger partial charge in [-0.1, -0.05) is 15.9 Å². The summed E-state index contributed by atoms with van der Waals surface area (Å²) in [5.74, 6) is -0.639. The second-order valence-electron chi connectivity index (χ2n) is 5.84.